The average Bonchev–Trinajstić information content (AvgIpc) is 2.63. The number of hydrogen-bond donors (Lipinski definition) is 2. The summed E-state index contributed by atoms with van der Waals surface area (Å²) in [5, 5.41) is 5.78. The van der Waals surface area contributed by atoms with E-state index in [1.807, 2.05) is 13.8 Å². The van der Waals surface area contributed by atoms with Crippen LogP contribution in [-0.4, -0.2) is 16.8 Å². The number of hydrogen-bond acceptors (Lipinski definition) is 3. The van der Waals surface area contributed by atoms with Crippen molar-refractivity contribution in [3.8, 4) is 0 Å². The number of nitrogens with zero attached hydrogens (tertiary/aromatic N) is 1. The number of pyridine rings is 1. The van der Waals surface area contributed by atoms with Crippen molar-refractivity contribution < 1.29 is 9.59 Å². The summed E-state index contributed by atoms with van der Waals surface area (Å²) in [5.41, 5.74) is 0. The van der Waals surface area contributed by atoms with Crippen LogP contribution in [0.1, 0.15) is 79.1 Å². The highest BCUT2D eigenvalue weighted by Crippen LogP contribution is 2.18. The number of nitrogens with one attached hydrogen (secondary N) is 2. The van der Waals surface area contributed by atoms with Crippen molar-refractivity contribution in [1.82, 2.24) is 4.98 Å². The molecule has 0 spiro atoms. The third-order valence-electron chi connectivity index (χ3n) is 4.79. The van der Waals surface area contributed by atoms with Crippen LogP contribution < -0.4 is 10.6 Å². The molecule has 1 rings (SSSR count). The maximum Gasteiger partial charge on any atom is 0.228 e. The fourth-order valence-electron chi connectivity index (χ4n) is 2.97. The lowest BCUT2D eigenvalue weighted by Gasteiger charge is -2.16. The molecule has 0 fully saturated rings. The second-order valence-corrected chi connectivity index (χ2v) is 6.88. The standard InChI is InChI=1S/C21H35N3O2/c1-5-9-12-16(7-3)20(25)23-18-14-11-15-19(22-18)24-21(26)17(8-4)13-10-6-2/h11,14-17H,5-10,12-13H2,1-4H3,(H2,22,23,24,25,26)/t16-,17+. The number of rotatable bonds is 12. The molecule has 1 aromatic rings. The topological polar surface area (TPSA) is 71.1 Å². The van der Waals surface area contributed by atoms with Crippen LogP contribution in [0.2, 0.25) is 0 Å². The van der Waals surface area contributed by atoms with Crippen molar-refractivity contribution in [3.05, 3.63) is 18.2 Å². The van der Waals surface area contributed by atoms with E-state index in [9.17, 15) is 9.59 Å². The fourth-order valence-corrected chi connectivity index (χ4v) is 2.97. The lowest BCUT2D eigenvalue weighted by atomic mass is 9.98. The highest BCUT2D eigenvalue weighted by atomic mass is 16.2. The quantitative estimate of drug-likeness (QED) is 0.524. The number of amides is 2. The van der Waals surface area contributed by atoms with E-state index in [2.05, 4.69) is 29.5 Å². The summed E-state index contributed by atoms with van der Waals surface area (Å²) in [6.45, 7) is 8.32. The lowest BCUT2D eigenvalue weighted by Crippen LogP contribution is -2.24. The molecule has 0 radical (unpaired) electrons. The van der Waals surface area contributed by atoms with E-state index in [0.717, 1.165) is 51.4 Å². The van der Waals surface area contributed by atoms with Crippen molar-refractivity contribution in [1.29, 1.82) is 0 Å². The van der Waals surface area contributed by atoms with Crippen molar-refractivity contribution in [2.24, 2.45) is 11.8 Å². The van der Waals surface area contributed by atoms with E-state index in [1.54, 1.807) is 18.2 Å². The van der Waals surface area contributed by atoms with Gasteiger partial charge >= 0.3 is 0 Å². The summed E-state index contributed by atoms with van der Waals surface area (Å²) >= 11 is 0. The van der Waals surface area contributed by atoms with Crippen molar-refractivity contribution in [3.63, 3.8) is 0 Å². The SMILES string of the molecule is CCCC[C@@H](CC)C(=O)Nc1cccc(NC(=O)[C@@H](CC)CCCC)n1. The molecule has 0 aliphatic heterocycles. The molecule has 5 heteroatoms. The summed E-state index contributed by atoms with van der Waals surface area (Å²) < 4.78 is 0. The Morgan fingerprint density at radius 2 is 1.27 bits per heavy atom. The number of carbonyl (C=O) groups is 2. The number of unbranched alkanes of at least 4 members (excludes halogenated alkanes) is 2. The third kappa shape index (κ3) is 7.54. The molecule has 0 saturated heterocycles. The second-order valence-electron chi connectivity index (χ2n) is 6.88. The Bertz CT molecular complexity index is 515. The molecule has 0 bridgehead atoms. The Morgan fingerprint density at radius 3 is 1.62 bits per heavy atom. The second kappa shape index (κ2) is 12.4. The van der Waals surface area contributed by atoms with E-state index in [0.29, 0.717) is 11.6 Å². The van der Waals surface area contributed by atoms with Crippen molar-refractivity contribution in [2.45, 2.75) is 79.1 Å². The minimum Gasteiger partial charge on any atom is -0.310 e. The van der Waals surface area contributed by atoms with Gasteiger partial charge in [-0.15, -0.1) is 0 Å². The summed E-state index contributed by atoms with van der Waals surface area (Å²) in [4.78, 5) is 29.2. The molecule has 1 heterocycles. The van der Waals surface area contributed by atoms with Crippen molar-refractivity contribution >= 4 is 23.5 Å². The summed E-state index contributed by atoms with van der Waals surface area (Å²) in [7, 11) is 0. The Hall–Kier alpha value is -1.91. The molecule has 1 aromatic heterocycles. The average molecular weight is 362 g/mol. The maximum absolute atomic E-state index is 12.4. The summed E-state index contributed by atoms with van der Waals surface area (Å²) in [6.07, 6.45) is 7.68. The maximum atomic E-state index is 12.4. The summed E-state index contributed by atoms with van der Waals surface area (Å²) in [6, 6.07) is 5.32. The van der Waals surface area contributed by atoms with E-state index in [1.165, 1.54) is 0 Å². The zero-order valence-corrected chi connectivity index (χ0v) is 16.8. The van der Waals surface area contributed by atoms with Gasteiger partial charge in [0, 0.05) is 11.8 Å². The minimum atomic E-state index is 0.00584. The number of carbonyl (C=O) groups excluding carboxylic acids is 2. The lowest BCUT2D eigenvalue weighted by molar-refractivity contribution is -0.120. The van der Waals surface area contributed by atoms with E-state index in [-0.39, 0.29) is 23.7 Å². The van der Waals surface area contributed by atoms with Crippen LogP contribution in [0.5, 0.6) is 0 Å². The van der Waals surface area contributed by atoms with E-state index < -0.39 is 0 Å². The van der Waals surface area contributed by atoms with Crippen LogP contribution in [0.15, 0.2) is 18.2 Å². The predicted octanol–water partition coefficient (Wildman–Crippen LogP) is 5.39. The molecule has 2 amide bonds. The van der Waals surface area contributed by atoms with Crippen LogP contribution in [0.3, 0.4) is 0 Å². The third-order valence-corrected chi connectivity index (χ3v) is 4.79. The molecule has 5 nitrogen and oxygen atoms in total. The first-order chi connectivity index (χ1) is 12.5. The largest absolute Gasteiger partial charge is 0.310 e. The van der Waals surface area contributed by atoms with Gasteiger partial charge in [0.15, 0.2) is 0 Å². The molecular formula is C21H35N3O2. The highest BCUT2D eigenvalue weighted by Gasteiger charge is 2.18. The first kappa shape index (κ1) is 22.1. The smallest absolute Gasteiger partial charge is 0.228 e. The van der Waals surface area contributed by atoms with Gasteiger partial charge in [0.05, 0.1) is 0 Å². The molecule has 0 aromatic carbocycles. The minimum absolute atomic E-state index is 0.00584. The molecule has 146 valence electrons. The molecule has 0 aliphatic rings. The van der Waals surface area contributed by atoms with Gasteiger partial charge in [0.2, 0.25) is 11.8 Å². The van der Waals surface area contributed by atoms with Gasteiger partial charge in [0.1, 0.15) is 11.6 Å². The molecular weight excluding hydrogens is 326 g/mol. The number of aromatic nitrogens is 1. The Morgan fingerprint density at radius 1 is 0.846 bits per heavy atom. The normalized spacial score (nSPS) is 13.1. The predicted molar refractivity (Wildman–Crippen MR) is 108 cm³/mol. The first-order valence-corrected chi connectivity index (χ1v) is 10.1. The van der Waals surface area contributed by atoms with Gasteiger partial charge < -0.3 is 10.6 Å². The van der Waals surface area contributed by atoms with Crippen molar-refractivity contribution in [2.75, 3.05) is 10.6 Å². The Balaban J connectivity index is 2.69. The van der Waals surface area contributed by atoms with Crippen LogP contribution in [-0.2, 0) is 9.59 Å². The van der Waals surface area contributed by atoms with Gasteiger partial charge in [-0.2, -0.15) is 0 Å². The molecule has 2 N–H and O–H groups in total. The highest BCUT2D eigenvalue weighted by molar-refractivity contribution is 5.93. The first-order valence-electron chi connectivity index (χ1n) is 10.1. The monoisotopic (exact) mass is 361 g/mol. The molecule has 26 heavy (non-hydrogen) atoms. The molecule has 0 unspecified atom stereocenters. The Kier molecular flexibility index (Phi) is 10.6. The van der Waals surface area contributed by atoms with Crippen LogP contribution in [0.25, 0.3) is 0 Å². The van der Waals surface area contributed by atoms with E-state index >= 15 is 0 Å². The zero-order chi connectivity index (χ0) is 19.4. The Labute approximate surface area is 158 Å². The van der Waals surface area contributed by atoms with E-state index in [4.69, 9.17) is 0 Å². The van der Waals surface area contributed by atoms with Gasteiger partial charge in [-0.1, -0.05) is 59.4 Å². The van der Waals surface area contributed by atoms with Gasteiger partial charge in [-0.05, 0) is 37.8 Å². The van der Waals surface area contributed by atoms with Gasteiger partial charge in [0.25, 0.3) is 0 Å². The summed E-state index contributed by atoms with van der Waals surface area (Å²) in [5.74, 6) is 1.01. The van der Waals surface area contributed by atoms with Gasteiger partial charge in [-0.3, -0.25) is 9.59 Å². The van der Waals surface area contributed by atoms with Crippen LogP contribution in [0, 0.1) is 11.8 Å². The molecule has 2 atom stereocenters. The number of anilines is 2. The van der Waals surface area contributed by atoms with Crippen LogP contribution in [0.4, 0.5) is 11.6 Å². The van der Waals surface area contributed by atoms with Gasteiger partial charge in [-0.25, -0.2) is 4.98 Å². The molecule has 0 saturated carbocycles. The zero-order valence-electron chi connectivity index (χ0n) is 16.8. The van der Waals surface area contributed by atoms with Crippen LogP contribution >= 0.6 is 0 Å². The molecule has 0 aliphatic carbocycles. The fraction of sp³-hybridized carbons (Fsp3) is 0.667.